The fraction of sp³-hybridized carbons (Fsp3) is 0.314. The highest BCUT2D eigenvalue weighted by atomic mass is 35.5. The third kappa shape index (κ3) is 13.4. The Morgan fingerprint density at radius 3 is 1.81 bits per heavy atom. The Bertz CT molecular complexity index is 1860. The van der Waals surface area contributed by atoms with Gasteiger partial charge < -0.3 is 35.1 Å². The molecule has 18 heteroatoms. The maximum absolute atomic E-state index is 12.8. The topological polar surface area (TPSA) is 223 Å². The van der Waals surface area contributed by atoms with Crippen LogP contribution in [0.4, 0.5) is 9.59 Å². The van der Waals surface area contributed by atoms with Gasteiger partial charge in [-0.3, -0.25) is 14.4 Å². The summed E-state index contributed by atoms with van der Waals surface area (Å²) in [6, 6.07) is 18.0. The van der Waals surface area contributed by atoms with Gasteiger partial charge in [0.15, 0.2) is 0 Å². The molecule has 3 aromatic carbocycles. The van der Waals surface area contributed by atoms with E-state index in [1.165, 1.54) is 6.92 Å². The van der Waals surface area contributed by atoms with E-state index >= 15 is 0 Å². The molecule has 15 nitrogen and oxygen atoms in total. The summed E-state index contributed by atoms with van der Waals surface area (Å²) in [6.45, 7) is 5.09. The van der Waals surface area contributed by atoms with Gasteiger partial charge in [-0.1, -0.05) is 97.7 Å². The largest absolute Gasteiger partial charge is 0.480 e. The first-order chi connectivity index (χ1) is 24.9. The van der Waals surface area contributed by atoms with E-state index in [1.807, 2.05) is 44.2 Å². The average Bonchev–Trinajstić information content (AvgIpc) is 3.11. The number of sulfonamides is 1. The zero-order valence-corrected chi connectivity index (χ0v) is 31.4. The van der Waals surface area contributed by atoms with Crippen LogP contribution in [0.1, 0.15) is 49.8 Å². The molecular weight excluding hydrogens is 757 g/mol. The molecule has 3 aromatic rings. The monoisotopic (exact) mass is 795 g/mol. The minimum absolute atomic E-state index is 0.0731. The molecule has 53 heavy (non-hydrogen) atoms. The van der Waals surface area contributed by atoms with E-state index in [4.69, 9.17) is 42.9 Å². The van der Waals surface area contributed by atoms with E-state index in [1.54, 1.807) is 30.3 Å². The highest BCUT2D eigenvalue weighted by Gasteiger charge is 2.34. The smallest absolute Gasteiger partial charge is 0.423 e. The number of carbonyl (C=O) groups excluding carboxylic acids is 4. The lowest BCUT2D eigenvalue weighted by atomic mass is 10.0. The first-order valence-corrected chi connectivity index (χ1v) is 18.0. The van der Waals surface area contributed by atoms with Crippen molar-refractivity contribution in [2.75, 3.05) is 7.05 Å². The van der Waals surface area contributed by atoms with Crippen molar-refractivity contribution in [1.82, 2.24) is 14.9 Å². The lowest BCUT2D eigenvalue weighted by Gasteiger charge is -2.21. The van der Waals surface area contributed by atoms with E-state index in [9.17, 15) is 37.2 Å². The van der Waals surface area contributed by atoms with Crippen molar-refractivity contribution in [3.63, 3.8) is 0 Å². The van der Waals surface area contributed by atoms with Crippen LogP contribution in [0.25, 0.3) is 0 Å². The molecule has 0 heterocycles. The number of halogens is 2. The molecule has 0 aromatic heterocycles. The number of carbonyl (C=O) groups is 6. The van der Waals surface area contributed by atoms with Crippen molar-refractivity contribution >= 4 is 69.5 Å². The summed E-state index contributed by atoms with van der Waals surface area (Å²) < 4.78 is 36.0. The molecule has 4 N–H and O–H groups in total. The van der Waals surface area contributed by atoms with Gasteiger partial charge in [-0.15, -0.1) is 0 Å². The number of amides is 3. The van der Waals surface area contributed by atoms with E-state index in [0.717, 1.165) is 24.7 Å². The number of ether oxygens (including phenoxy) is 2. The van der Waals surface area contributed by atoms with Gasteiger partial charge in [0.2, 0.25) is 5.91 Å². The first kappa shape index (κ1) is 44.0. The Morgan fingerprint density at radius 2 is 1.34 bits per heavy atom. The molecular formula is C35H39Cl2N3O12S. The number of nitrogens with zero attached hydrogens (tertiary/aromatic N) is 1. The molecule has 0 spiro atoms. The van der Waals surface area contributed by atoms with Crippen LogP contribution in [0, 0.1) is 5.92 Å². The number of hydrogen-bond donors (Lipinski definition) is 4. The number of rotatable bonds is 15. The second kappa shape index (κ2) is 20.7. The second-order valence-corrected chi connectivity index (χ2v) is 14.4. The molecule has 0 radical (unpaired) electrons. The molecule has 3 atom stereocenters. The number of carboxylic acid groups (broad SMARTS) is 2. The van der Waals surface area contributed by atoms with Crippen molar-refractivity contribution < 1.29 is 56.9 Å². The van der Waals surface area contributed by atoms with Crippen LogP contribution in [0.2, 0.25) is 10.0 Å². The van der Waals surface area contributed by atoms with E-state index in [-0.39, 0.29) is 36.0 Å². The predicted molar refractivity (Wildman–Crippen MR) is 193 cm³/mol. The van der Waals surface area contributed by atoms with E-state index < -0.39 is 68.0 Å². The van der Waals surface area contributed by atoms with Crippen LogP contribution in [-0.4, -0.2) is 78.4 Å². The van der Waals surface area contributed by atoms with Crippen LogP contribution in [0.15, 0.2) is 77.7 Å². The minimum Gasteiger partial charge on any atom is -0.480 e. The molecule has 0 aliphatic heterocycles. The normalized spacial score (nSPS) is 12.5. The molecule has 0 aliphatic carbocycles. The Morgan fingerprint density at radius 1 is 0.811 bits per heavy atom. The molecule has 0 aliphatic rings. The third-order valence-corrected chi connectivity index (χ3v) is 9.78. The number of alkyl carbamates (subject to hydrolysis) is 1. The van der Waals surface area contributed by atoms with Gasteiger partial charge in [-0.25, -0.2) is 22.3 Å². The Balaban J connectivity index is 0.000000374. The third-order valence-electron chi connectivity index (χ3n) is 7.16. The Kier molecular flexibility index (Phi) is 17.2. The van der Waals surface area contributed by atoms with Crippen LogP contribution in [-0.2, 0) is 51.9 Å². The summed E-state index contributed by atoms with van der Waals surface area (Å²) in [5.41, 5.74) is 1.09. The summed E-state index contributed by atoms with van der Waals surface area (Å²) in [5.74, 6) is -4.89. The fourth-order valence-corrected chi connectivity index (χ4v) is 6.34. The van der Waals surface area contributed by atoms with Crippen molar-refractivity contribution in [3.05, 3.63) is 99.5 Å². The van der Waals surface area contributed by atoms with Gasteiger partial charge in [0, 0.05) is 17.6 Å². The fourth-order valence-electron chi connectivity index (χ4n) is 4.32. The van der Waals surface area contributed by atoms with Gasteiger partial charge >= 0.3 is 24.1 Å². The summed E-state index contributed by atoms with van der Waals surface area (Å²) in [6.07, 6.45) is -1.45. The molecule has 3 amide bonds. The number of aliphatic carboxylic acids is 2. The van der Waals surface area contributed by atoms with Gasteiger partial charge in [0.1, 0.15) is 42.4 Å². The highest BCUT2D eigenvalue weighted by Crippen LogP contribution is 2.37. The van der Waals surface area contributed by atoms with Gasteiger partial charge in [0.25, 0.3) is 10.0 Å². The predicted octanol–water partition coefficient (Wildman–Crippen LogP) is 5.23. The van der Waals surface area contributed by atoms with Gasteiger partial charge in [-0.2, -0.15) is 0 Å². The summed E-state index contributed by atoms with van der Waals surface area (Å²) in [4.78, 5) is 68.9. The van der Waals surface area contributed by atoms with Crippen molar-refractivity contribution in [3.8, 4) is 0 Å². The maximum atomic E-state index is 12.8. The first-order valence-electron chi connectivity index (χ1n) is 15.8. The van der Waals surface area contributed by atoms with E-state index in [0.29, 0.717) is 16.3 Å². The molecule has 1 unspecified atom stereocenters. The Hall–Kier alpha value is -5.19. The molecule has 0 bridgehead atoms. The van der Waals surface area contributed by atoms with Crippen molar-refractivity contribution in [2.24, 2.45) is 5.92 Å². The van der Waals surface area contributed by atoms with Crippen molar-refractivity contribution in [2.45, 2.75) is 63.3 Å². The molecule has 0 fully saturated rings. The van der Waals surface area contributed by atoms with Crippen LogP contribution in [0.3, 0.4) is 0 Å². The number of benzene rings is 3. The van der Waals surface area contributed by atoms with Crippen molar-refractivity contribution in [1.29, 1.82) is 0 Å². The lowest BCUT2D eigenvalue weighted by Crippen LogP contribution is -2.51. The second-order valence-electron chi connectivity index (χ2n) is 11.7. The quantitative estimate of drug-likeness (QED) is 0.115. The number of nitrogens with one attached hydrogen (secondary N) is 2. The minimum atomic E-state index is -4.52. The zero-order valence-electron chi connectivity index (χ0n) is 29.0. The summed E-state index contributed by atoms with van der Waals surface area (Å²) in [5, 5.41) is 22.1. The lowest BCUT2D eigenvalue weighted by molar-refractivity contribution is -0.141. The molecule has 286 valence electrons. The van der Waals surface area contributed by atoms with Gasteiger partial charge in [0.05, 0.1) is 5.02 Å². The molecule has 0 saturated carbocycles. The Labute approximate surface area is 316 Å². The van der Waals surface area contributed by atoms with Crippen LogP contribution in [0.5, 0.6) is 0 Å². The summed E-state index contributed by atoms with van der Waals surface area (Å²) in [7, 11) is -3.56. The standard InChI is InChI=1S/C18H15Cl2NO7S.C17H24N2O5/c1-21(18(25)28-10-11-5-3-2-4-6-11)29(26,27)14-8-7-13(19)15(16(14)20)12(9-22)17(23)24;1-11(2)9-14(15(20)18-12(3)16(21)22)19-17(23)24-10-13-7-5-4-6-8-13/h2-9,12H,10H2,1H3,(H,23,24);4-8,11-12,14H,9-10H2,1-3H3,(H,18,20)(H,19,23)(H,21,22)/t;12-,14-/m.0/s1. The average molecular weight is 797 g/mol. The number of hydrogen-bond acceptors (Lipinski definition) is 10. The number of aldehydes is 1. The van der Waals surface area contributed by atoms with Gasteiger partial charge in [-0.05, 0) is 42.5 Å². The summed E-state index contributed by atoms with van der Waals surface area (Å²) >= 11 is 12.0. The van der Waals surface area contributed by atoms with Crippen LogP contribution >= 0.6 is 23.2 Å². The van der Waals surface area contributed by atoms with Crippen LogP contribution < -0.4 is 10.6 Å². The molecule has 3 rings (SSSR count). The number of carboxylic acids is 2. The highest BCUT2D eigenvalue weighted by molar-refractivity contribution is 7.89. The zero-order chi connectivity index (χ0) is 39.9. The SMILES string of the molecule is CC(C)C[C@H](NC(=O)OCc1ccccc1)C(=O)N[C@@H](C)C(=O)O.CN(C(=O)OCc1ccccc1)S(=O)(=O)c1ccc(Cl)c(C(C=O)C(=O)O)c1Cl. The maximum Gasteiger partial charge on any atom is 0.423 e. The molecule has 0 saturated heterocycles. The van der Waals surface area contributed by atoms with E-state index in [2.05, 4.69) is 10.6 Å².